The maximum Gasteiger partial charge on any atom is 0.124 e. The van der Waals surface area contributed by atoms with Gasteiger partial charge < -0.3 is 9.13 Å². The zero-order chi connectivity index (χ0) is 30.6. The Bertz CT molecular complexity index is 2860. The average molecular weight is 616 g/mol. The number of fused-ring (bicyclic) bond motifs is 9. The molecule has 1 aliphatic carbocycles. The highest BCUT2D eigenvalue weighted by Gasteiger charge is 2.28. The first-order valence-electron chi connectivity index (χ1n) is 16.0. The van der Waals surface area contributed by atoms with Crippen molar-refractivity contribution in [3.8, 4) is 43.6 Å². The minimum absolute atomic E-state index is 1.07. The van der Waals surface area contributed by atoms with Crippen molar-refractivity contribution in [3.63, 3.8) is 0 Å². The second kappa shape index (κ2) is 9.29. The predicted octanol–water partition coefficient (Wildman–Crippen LogP) is 11.8. The Kier molecular flexibility index (Phi) is 4.99. The van der Waals surface area contributed by atoms with E-state index in [1.54, 1.807) is 11.3 Å². The Balaban J connectivity index is 1.22. The average Bonchev–Trinajstić information content (AvgIpc) is 3.87. The number of hydrogen-bond acceptors (Lipinski definition) is 2. The lowest BCUT2D eigenvalue weighted by molar-refractivity contribution is 1.17. The molecule has 0 radical (unpaired) electrons. The van der Waals surface area contributed by atoms with Gasteiger partial charge in [-0.25, -0.2) is 4.98 Å². The highest BCUT2D eigenvalue weighted by atomic mass is 32.1. The summed E-state index contributed by atoms with van der Waals surface area (Å²) in [6.07, 6.45) is 0. The number of rotatable bonds is 3. The van der Waals surface area contributed by atoms with Crippen molar-refractivity contribution in [1.82, 2.24) is 14.1 Å². The molecule has 3 aromatic heterocycles. The van der Waals surface area contributed by atoms with Gasteiger partial charge in [-0.15, -0.1) is 11.3 Å². The first-order valence-corrected chi connectivity index (χ1v) is 16.8. The number of nitrogens with zero attached hydrogens (tertiary/aromatic N) is 3. The molecule has 10 aromatic rings. The third-order valence-corrected chi connectivity index (χ3v) is 11.0. The SMILES string of the molecule is c1ccc(-c2nc3c(s2)-c2cccc4c(-n5c6ccccc6c6cc7c8ccccc8n(-c8ccccc8)c7cc65)ccc-3c24)cc1. The van der Waals surface area contributed by atoms with E-state index >= 15 is 0 Å². The molecule has 3 nitrogen and oxygen atoms in total. The number of benzene rings is 7. The molecule has 0 aliphatic heterocycles. The van der Waals surface area contributed by atoms with E-state index in [1.807, 2.05) is 0 Å². The Morgan fingerprint density at radius 3 is 1.85 bits per heavy atom. The van der Waals surface area contributed by atoms with Crippen LogP contribution in [0.25, 0.3) is 98.0 Å². The molecule has 218 valence electrons. The zero-order valence-electron chi connectivity index (χ0n) is 25.2. The van der Waals surface area contributed by atoms with Gasteiger partial charge in [0.2, 0.25) is 0 Å². The maximum atomic E-state index is 5.20. The summed E-state index contributed by atoms with van der Waals surface area (Å²) in [4.78, 5) is 6.46. The lowest BCUT2D eigenvalue weighted by Gasteiger charge is -2.14. The normalized spacial score (nSPS) is 12.3. The minimum Gasteiger partial charge on any atom is -0.309 e. The molecule has 0 bridgehead atoms. The molecule has 0 saturated carbocycles. The Morgan fingerprint density at radius 1 is 0.447 bits per heavy atom. The van der Waals surface area contributed by atoms with Crippen LogP contribution in [0.3, 0.4) is 0 Å². The van der Waals surface area contributed by atoms with E-state index in [0.717, 1.165) is 10.7 Å². The van der Waals surface area contributed by atoms with E-state index in [9.17, 15) is 0 Å². The van der Waals surface area contributed by atoms with E-state index in [1.165, 1.54) is 87.3 Å². The fourth-order valence-corrected chi connectivity index (χ4v) is 9.02. The summed E-state index contributed by atoms with van der Waals surface area (Å²) in [5, 5.41) is 8.68. The number of aromatic nitrogens is 3. The second-order valence-corrected chi connectivity index (χ2v) is 13.3. The van der Waals surface area contributed by atoms with Crippen molar-refractivity contribution >= 4 is 65.7 Å². The lowest BCUT2D eigenvalue weighted by Crippen LogP contribution is -1.97. The van der Waals surface area contributed by atoms with Gasteiger partial charge in [0.05, 0.1) is 38.3 Å². The molecule has 7 aromatic carbocycles. The van der Waals surface area contributed by atoms with E-state index in [0.29, 0.717) is 0 Å². The van der Waals surface area contributed by atoms with Crippen molar-refractivity contribution in [2.45, 2.75) is 0 Å². The molecule has 1 aliphatic rings. The highest BCUT2D eigenvalue weighted by Crippen LogP contribution is 2.52. The fourth-order valence-electron chi connectivity index (χ4n) is 7.91. The fraction of sp³-hybridized carbons (Fsp3) is 0. The van der Waals surface area contributed by atoms with Crippen LogP contribution in [-0.4, -0.2) is 14.1 Å². The lowest BCUT2D eigenvalue weighted by atomic mass is 10.0. The van der Waals surface area contributed by atoms with Crippen LogP contribution >= 0.6 is 11.3 Å². The van der Waals surface area contributed by atoms with Crippen LogP contribution in [0.5, 0.6) is 0 Å². The van der Waals surface area contributed by atoms with Crippen molar-refractivity contribution in [3.05, 3.63) is 152 Å². The molecule has 0 spiro atoms. The summed E-state index contributed by atoms with van der Waals surface area (Å²) < 4.78 is 4.89. The molecule has 0 unspecified atom stereocenters. The van der Waals surface area contributed by atoms with Gasteiger partial charge >= 0.3 is 0 Å². The van der Waals surface area contributed by atoms with Gasteiger partial charge in [-0.3, -0.25) is 0 Å². The van der Waals surface area contributed by atoms with Gasteiger partial charge in [0.1, 0.15) is 5.01 Å². The smallest absolute Gasteiger partial charge is 0.124 e. The third kappa shape index (κ3) is 3.37. The Morgan fingerprint density at radius 2 is 1.09 bits per heavy atom. The van der Waals surface area contributed by atoms with E-state index < -0.39 is 0 Å². The molecule has 0 saturated heterocycles. The highest BCUT2D eigenvalue weighted by molar-refractivity contribution is 7.19. The van der Waals surface area contributed by atoms with Crippen LogP contribution in [0.4, 0.5) is 0 Å². The van der Waals surface area contributed by atoms with Gasteiger partial charge in [-0.05, 0) is 42.5 Å². The standard InChI is InChI=1S/C43H25N3S/c1-3-12-26(13-4-1)43-44-41-31-22-23-37(30-18-11-19-32(40(30)31)42(41)47-43)46-36-21-10-8-17-29(36)34-24-33-28-16-7-9-20-35(28)45(38(33)25-39(34)46)27-14-5-2-6-15-27/h1-25H. The third-order valence-electron chi connectivity index (χ3n) is 9.89. The van der Waals surface area contributed by atoms with Crippen molar-refractivity contribution in [2.75, 3.05) is 0 Å². The van der Waals surface area contributed by atoms with E-state index in [4.69, 9.17) is 4.98 Å². The molecule has 3 heterocycles. The molecular formula is C43H25N3S. The monoisotopic (exact) mass is 615 g/mol. The van der Waals surface area contributed by atoms with Crippen LogP contribution in [0.1, 0.15) is 0 Å². The van der Waals surface area contributed by atoms with Crippen LogP contribution in [-0.2, 0) is 0 Å². The van der Waals surface area contributed by atoms with Crippen LogP contribution in [0, 0.1) is 0 Å². The first kappa shape index (κ1) is 25.2. The minimum atomic E-state index is 1.07. The molecular weight excluding hydrogens is 591 g/mol. The van der Waals surface area contributed by atoms with Crippen LogP contribution in [0.15, 0.2) is 152 Å². The second-order valence-electron chi connectivity index (χ2n) is 12.4. The Labute approximate surface area is 274 Å². The summed E-state index contributed by atoms with van der Waals surface area (Å²) in [7, 11) is 0. The number of thiazole rings is 1. The van der Waals surface area contributed by atoms with Gasteiger partial charge in [0.25, 0.3) is 0 Å². The summed E-state index contributed by atoms with van der Waals surface area (Å²) in [6, 6.07) is 55.0. The summed E-state index contributed by atoms with van der Waals surface area (Å²) >= 11 is 1.80. The number of hydrogen-bond donors (Lipinski definition) is 0. The van der Waals surface area contributed by atoms with Crippen molar-refractivity contribution in [1.29, 1.82) is 0 Å². The van der Waals surface area contributed by atoms with Crippen LogP contribution < -0.4 is 0 Å². The molecule has 11 rings (SSSR count). The summed E-state index contributed by atoms with van der Waals surface area (Å²) in [5.74, 6) is 0. The summed E-state index contributed by atoms with van der Waals surface area (Å²) in [5.41, 5.74) is 12.0. The summed E-state index contributed by atoms with van der Waals surface area (Å²) in [6.45, 7) is 0. The molecule has 0 atom stereocenters. The molecule has 47 heavy (non-hydrogen) atoms. The van der Waals surface area contributed by atoms with E-state index in [2.05, 4.69) is 161 Å². The Hall–Kier alpha value is -5.97. The molecule has 0 N–H and O–H groups in total. The van der Waals surface area contributed by atoms with Gasteiger partial charge in [-0.2, -0.15) is 0 Å². The van der Waals surface area contributed by atoms with Crippen molar-refractivity contribution in [2.24, 2.45) is 0 Å². The van der Waals surface area contributed by atoms with Gasteiger partial charge in [0, 0.05) is 54.7 Å². The maximum absolute atomic E-state index is 5.20. The quantitative estimate of drug-likeness (QED) is 0.194. The van der Waals surface area contributed by atoms with E-state index in [-0.39, 0.29) is 0 Å². The molecule has 0 fully saturated rings. The predicted molar refractivity (Wildman–Crippen MR) is 198 cm³/mol. The van der Waals surface area contributed by atoms with Crippen molar-refractivity contribution < 1.29 is 0 Å². The largest absolute Gasteiger partial charge is 0.309 e. The van der Waals surface area contributed by atoms with Gasteiger partial charge in [0.15, 0.2) is 0 Å². The zero-order valence-corrected chi connectivity index (χ0v) is 26.0. The topological polar surface area (TPSA) is 22.8 Å². The first-order chi connectivity index (χ1) is 23.3. The van der Waals surface area contributed by atoms with Gasteiger partial charge in [-0.1, -0.05) is 109 Å². The molecule has 0 amide bonds. The van der Waals surface area contributed by atoms with Crippen LogP contribution in [0.2, 0.25) is 0 Å². The number of para-hydroxylation sites is 3. The molecule has 4 heteroatoms.